The second kappa shape index (κ2) is 15.3. The van der Waals surface area contributed by atoms with Crippen LogP contribution in [0.2, 0.25) is 0 Å². The van der Waals surface area contributed by atoms with E-state index < -0.39 is 0 Å². The van der Waals surface area contributed by atoms with Crippen molar-refractivity contribution in [1.29, 1.82) is 0 Å². The van der Waals surface area contributed by atoms with Crippen LogP contribution in [0.4, 0.5) is 0 Å². The summed E-state index contributed by atoms with van der Waals surface area (Å²) in [6.07, 6.45) is 17.2. The number of unbranched alkanes of at least 4 members (excludes halogenated alkanes) is 8. The molecule has 0 fully saturated rings. The third-order valence-corrected chi connectivity index (χ3v) is 6.36. The summed E-state index contributed by atoms with van der Waals surface area (Å²) >= 11 is 0. The maximum atomic E-state index is 6.00. The number of rotatable bonds is 16. The quantitative estimate of drug-likeness (QED) is 0.201. The van der Waals surface area contributed by atoms with E-state index >= 15 is 0 Å². The molecule has 182 valence electrons. The molecule has 1 heterocycles. The Morgan fingerprint density at radius 1 is 0.618 bits per heavy atom. The van der Waals surface area contributed by atoms with Crippen LogP contribution in [0.1, 0.15) is 94.9 Å². The van der Waals surface area contributed by atoms with Gasteiger partial charge in [-0.1, -0.05) is 89.5 Å². The highest BCUT2D eigenvalue weighted by Gasteiger charge is 2.05. The molecule has 0 saturated carbocycles. The zero-order chi connectivity index (χ0) is 23.8. The largest absolute Gasteiger partial charge is 0.489 e. The summed E-state index contributed by atoms with van der Waals surface area (Å²) in [5, 5.41) is 0. The van der Waals surface area contributed by atoms with E-state index in [0.717, 1.165) is 29.3 Å². The number of benzene rings is 2. The SMILES string of the molecule is CCCCCCCCCc1ccnc(-c2ccc(OCc3ccc(CCCCC)cc3)cc2)n1. The average Bonchev–Trinajstić information content (AvgIpc) is 2.88. The summed E-state index contributed by atoms with van der Waals surface area (Å²) in [6.45, 7) is 5.09. The predicted molar refractivity (Wildman–Crippen MR) is 143 cm³/mol. The summed E-state index contributed by atoms with van der Waals surface area (Å²) in [5.74, 6) is 1.67. The second-order valence-corrected chi connectivity index (χ2v) is 9.33. The topological polar surface area (TPSA) is 35.0 Å². The van der Waals surface area contributed by atoms with Gasteiger partial charge in [-0.2, -0.15) is 0 Å². The van der Waals surface area contributed by atoms with Crippen LogP contribution in [0.25, 0.3) is 11.4 Å². The van der Waals surface area contributed by atoms with Crippen molar-refractivity contribution in [2.75, 3.05) is 0 Å². The van der Waals surface area contributed by atoms with Crippen molar-refractivity contribution < 1.29 is 4.74 Å². The molecule has 1 aromatic heterocycles. The van der Waals surface area contributed by atoms with Gasteiger partial charge >= 0.3 is 0 Å². The molecule has 0 radical (unpaired) electrons. The third-order valence-electron chi connectivity index (χ3n) is 6.36. The van der Waals surface area contributed by atoms with Crippen LogP contribution in [0.15, 0.2) is 60.8 Å². The fourth-order valence-corrected chi connectivity index (χ4v) is 4.19. The molecular weight excluding hydrogens is 416 g/mol. The lowest BCUT2D eigenvalue weighted by molar-refractivity contribution is 0.306. The Morgan fingerprint density at radius 3 is 1.97 bits per heavy atom. The molecule has 0 spiro atoms. The normalized spacial score (nSPS) is 11.0. The molecule has 0 aliphatic heterocycles. The van der Waals surface area contributed by atoms with Gasteiger partial charge in [-0.15, -0.1) is 0 Å². The molecule has 0 aliphatic rings. The Kier molecular flexibility index (Phi) is 11.6. The lowest BCUT2D eigenvalue weighted by atomic mass is 10.1. The minimum Gasteiger partial charge on any atom is -0.489 e. The molecule has 0 atom stereocenters. The van der Waals surface area contributed by atoms with Gasteiger partial charge in [0.15, 0.2) is 5.82 Å². The van der Waals surface area contributed by atoms with E-state index in [1.807, 2.05) is 24.4 Å². The first-order valence-corrected chi connectivity index (χ1v) is 13.4. The summed E-state index contributed by atoms with van der Waals surface area (Å²) in [4.78, 5) is 9.29. The molecule has 3 aromatic rings. The molecule has 3 rings (SSSR count). The maximum absolute atomic E-state index is 6.00. The molecule has 0 N–H and O–H groups in total. The molecule has 0 saturated heterocycles. The van der Waals surface area contributed by atoms with Crippen LogP contribution >= 0.6 is 0 Å². The third kappa shape index (κ3) is 9.29. The second-order valence-electron chi connectivity index (χ2n) is 9.33. The summed E-state index contributed by atoms with van der Waals surface area (Å²) in [6, 6.07) is 19.0. The lowest BCUT2D eigenvalue weighted by Crippen LogP contribution is -1.97. The van der Waals surface area contributed by atoms with E-state index in [-0.39, 0.29) is 0 Å². The fraction of sp³-hybridized carbons (Fsp3) is 0.484. The maximum Gasteiger partial charge on any atom is 0.159 e. The first-order valence-electron chi connectivity index (χ1n) is 13.4. The van der Waals surface area contributed by atoms with Crippen LogP contribution in [0, 0.1) is 0 Å². The van der Waals surface area contributed by atoms with Crippen molar-refractivity contribution in [2.45, 2.75) is 97.5 Å². The Labute approximate surface area is 207 Å². The number of nitrogens with zero attached hydrogens (tertiary/aromatic N) is 2. The van der Waals surface area contributed by atoms with Crippen LogP contribution in [-0.2, 0) is 19.4 Å². The van der Waals surface area contributed by atoms with Gasteiger partial charge in [0.2, 0.25) is 0 Å². The van der Waals surface area contributed by atoms with E-state index in [2.05, 4.69) is 55.2 Å². The van der Waals surface area contributed by atoms with E-state index in [1.54, 1.807) is 0 Å². The minimum absolute atomic E-state index is 0.582. The van der Waals surface area contributed by atoms with Gasteiger partial charge in [0.05, 0.1) is 0 Å². The Hall–Kier alpha value is -2.68. The van der Waals surface area contributed by atoms with E-state index in [4.69, 9.17) is 9.72 Å². The van der Waals surface area contributed by atoms with Crippen molar-refractivity contribution in [2.24, 2.45) is 0 Å². The first-order chi connectivity index (χ1) is 16.8. The number of hydrogen-bond acceptors (Lipinski definition) is 3. The molecule has 0 amide bonds. The number of aryl methyl sites for hydroxylation is 2. The zero-order valence-electron chi connectivity index (χ0n) is 21.3. The predicted octanol–water partition coefficient (Wildman–Crippen LogP) is 8.75. The van der Waals surface area contributed by atoms with Crippen molar-refractivity contribution >= 4 is 0 Å². The summed E-state index contributed by atoms with van der Waals surface area (Å²) in [7, 11) is 0. The molecular formula is C31H42N2O. The van der Waals surface area contributed by atoms with Crippen LogP contribution < -0.4 is 4.74 Å². The Bertz CT molecular complexity index is 934. The molecule has 3 nitrogen and oxygen atoms in total. The average molecular weight is 459 g/mol. The van der Waals surface area contributed by atoms with E-state index in [0.29, 0.717) is 6.61 Å². The molecule has 34 heavy (non-hydrogen) atoms. The van der Waals surface area contributed by atoms with Crippen molar-refractivity contribution in [3.8, 4) is 17.1 Å². The highest BCUT2D eigenvalue weighted by Crippen LogP contribution is 2.21. The van der Waals surface area contributed by atoms with E-state index in [9.17, 15) is 0 Å². The minimum atomic E-state index is 0.582. The van der Waals surface area contributed by atoms with Crippen LogP contribution in [0.3, 0.4) is 0 Å². The Balaban J connectivity index is 1.44. The monoisotopic (exact) mass is 458 g/mol. The molecule has 0 unspecified atom stereocenters. The van der Waals surface area contributed by atoms with Crippen LogP contribution in [-0.4, -0.2) is 9.97 Å². The first kappa shape index (κ1) is 25.9. The molecule has 0 bridgehead atoms. The number of hydrogen-bond donors (Lipinski definition) is 0. The Morgan fingerprint density at radius 2 is 1.24 bits per heavy atom. The van der Waals surface area contributed by atoms with Gasteiger partial charge in [-0.3, -0.25) is 0 Å². The van der Waals surface area contributed by atoms with Crippen molar-refractivity contribution in [3.63, 3.8) is 0 Å². The number of aromatic nitrogens is 2. The van der Waals surface area contributed by atoms with Gasteiger partial charge in [0, 0.05) is 17.5 Å². The van der Waals surface area contributed by atoms with Gasteiger partial charge in [0.25, 0.3) is 0 Å². The molecule has 0 aliphatic carbocycles. The smallest absolute Gasteiger partial charge is 0.159 e. The lowest BCUT2D eigenvalue weighted by Gasteiger charge is -2.09. The van der Waals surface area contributed by atoms with Gasteiger partial charge in [-0.25, -0.2) is 9.97 Å². The zero-order valence-corrected chi connectivity index (χ0v) is 21.3. The van der Waals surface area contributed by atoms with Gasteiger partial charge in [-0.05, 0) is 67.1 Å². The van der Waals surface area contributed by atoms with E-state index in [1.165, 1.54) is 81.8 Å². The fourth-order valence-electron chi connectivity index (χ4n) is 4.19. The van der Waals surface area contributed by atoms with Crippen molar-refractivity contribution in [1.82, 2.24) is 9.97 Å². The van der Waals surface area contributed by atoms with Gasteiger partial charge in [0.1, 0.15) is 12.4 Å². The highest BCUT2D eigenvalue weighted by molar-refractivity contribution is 5.56. The molecule has 2 aromatic carbocycles. The summed E-state index contributed by atoms with van der Waals surface area (Å²) in [5.41, 5.74) is 4.78. The standard InChI is InChI=1S/C31H42N2O/c1-3-5-7-8-9-10-12-14-29-23-24-32-31(33-29)28-19-21-30(22-20-28)34-25-27-17-15-26(16-18-27)13-11-6-4-2/h15-24H,3-14,25H2,1-2H3. The summed E-state index contributed by atoms with van der Waals surface area (Å²) < 4.78 is 6.00. The van der Waals surface area contributed by atoms with Crippen molar-refractivity contribution in [3.05, 3.63) is 77.6 Å². The van der Waals surface area contributed by atoms with Crippen LogP contribution in [0.5, 0.6) is 5.75 Å². The highest BCUT2D eigenvalue weighted by atomic mass is 16.5. The number of ether oxygens (including phenoxy) is 1. The molecule has 3 heteroatoms. The van der Waals surface area contributed by atoms with Gasteiger partial charge < -0.3 is 4.74 Å².